The van der Waals surface area contributed by atoms with E-state index >= 15 is 0 Å². The first-order valence-corrected chi connectivity index (χ1v) is 50.9. The maximum atomic E-state index is 2.60. The number of fused-ring (bicyclic) bond motifs is 24. The standard InChI is InChI=1S/C131H108N8/c1-79(2)83-42-54-94(55-43-83)134(95-56-44-84(45-57-95)80(3)4)118-72-68-102-110-77-123-111(78-122(110)138-114-40-23-19-36-106(114)126(118)130(102)138)103-69-73-119(127-107-37-20-24-41-115(107)139(123)131(103)127)135(96-58-46-85(47-59-96)81(5)6)97-60-48-86(49-61-97)82(7)90-28-25-29-91(74-90)89-52-64-99(65-53-89)133(93-32-15-10-16-33-93)117-71-67-101-109-76-120-108(75-121(109)137-113-39-22-18-35-105(113)125(117)129(101)137)100-66-70-116(124-104-34-17-21-38-112(104)136(120)128(100)124)132(92-30-13-9-14-31-92)98-62-50-88(51-63-98)87-26-11-8-12-27-87/h9-10,13-24,30-73,75-82,87,90-91H,8,11-12,25-29,74H2,1-7H3. The predicted molar refractivity (Wildman–Crippen MR) is 591 cm³/mol. The number of benzene rings is 18. The number of hydrogen-bond donors (Lipinski definition) is 0. The van der Waals surface area contributed by atoms with Gasteiger partial charge < -0.3 is 37.2 Å². The van der Waals surface area contributed by atoms with Gasteiger partial charge >= 0.3 is 0 Å². The Hall–Kier alpha value is -15.6. The van der Waals surface area contributed by atoms with E-state index < -0.39 is 0 Å². The summed E-state index contributed by atoms with van der Waals surface area (Å²) in [4.78, 5) is 10.1. The Labute approximate surface area is 809 Å². The topological polar surface area (TPSA) is 30.6 Å². The largest absolute Gasteiger partial charge is 0.310 e. The molecule has 139 heavy (non-hydrogen) atoms. The lowest BCUT2D eigenvalue weighted by Crippen LogP contribution is -2.19. The number of hydrogen-bond acceptors (Lipinski definition) is 4. The van der Waals surface area contributed by atoms with Crippen molar-refractivity contribution in [2.45, 2.75) is 142 Å². The Morgan fingerprint density at radius 3 is 0.770 bits per heavy atom. The molecule has 0 saturated heterocycles. The molecule has 8 heterocycles. The zero-order valence-corrected chi connectivity index (χ0v) is 79.8. The van der Waals surface area contributed by atoms with Crippen LogP contribution in [0.4, 0.5) is 68.2 Å². The van der Waals surface area contributed by atoms with Crippen molar-refractivity contribution in [3.05, 3.63) is 409 Å². The zero-order chi connectivity index (χ0) is 92.4. The first kappa shape index (κ1) is 81.7. The van der Waals surface area contributed by atoms with Gasteiger partial charge in [-0.05, 0) is 277 Å². The highest BCUT2D eigenvalue weighted by molar-refractivity contribution is 6.35. The second-order valence-corrected chi connectivity index (χ2v) is 41.4. The van der Waals surface area contributed by atoms with E-state index in [9.17, 15) is 0 Å². The lowest BCUT2D eigenvalue weighted by atomic mass is 9.71. The summed E-state index contributed by atoms with van der Waals surface area (Å²) in [5, 5.41) is 20.2. The molecule has 2 saturated carbocycles. The van der Waals surface area contributed by atoms with Crippen molar-refractivity contribution < 1.29 is 0 Å². The first-order chi connectivity index (χ1) is 68.4. The first-order valence-electron chi connectivity index (χ1n) is 50.9. The smallest absolute Gasteiger partial charge is 0.0641 e. The van der Waals surface area contributed by atoms with Crippen LogP contribution in [0.5, 0.6) is 0 Å². The van der Waals surface area contributed by atoms with E-state index in [1.165, 1.54) is 266 Å². The second kappa shape index (κ2) is 31.7. The summed E-state index contributed by atoms with van der Waals surface area (Å²) in [6, 6.07) is 145. The summed E-state index contributed by atoms with van der Waals surface area (Å²) in [6.07, 6.45) is 11.3. The van der Waals surface area contributed by atoms with Crippen LogP contribution in [0.3, 0.4) is 0 Å². The van der Waals surface area contributed by atoms with Gasteiger partial charge in [0.2, 0.25) is 0 Å². The van der Waals surface area contributed by atoms with Crippen LogP contribution in [0.15, 0.2) is 376 Å². The monoisotopic (exact) mass is 1790 g/mol. The van der Waals surface area contributed by atoms with Crippen LogP contribution in [-0.4, -0.2) is 17.6 Å². The summed E-state index contributed by atoms with van der Waals surface area (Å²) >= 11 is 0. The van der Waals surface area contributed by atoms with Crippen LogP contribution < -0.4 is 19.6 Å². The fourth-order valence-electron chi connectivity index (χ4n) is 26.0. The minimum Gasteiger partial charge on any atom is -0.310 e. The van der Waals surface area contributed by atoms with Crippen molar-refractivity contribution in [1.82, 2.24) is 17.6 Å². The van der Waals surface area contributed by atoms with Gasteiger partial charge in [0, 0.05) is 132 Å². The van der Waals surface area contributed by atoms with Crippen LogP contribution >= 0.6 is 0 Å². The molecule has 0 spiro atoms. The molecule has 8 heteroatoms. The van der Waals surface area contributed by atoms with E-state index in [1.807, 2.05) is 0 Å². The normalized spacial score (nSPS) is 15.2. The number of anilines is 12. The molecule has 0 aliphatic heterocycles. The molecule has 2 aliphatic rings. The summed E-state index contributed by atoms with van der Waals surface area (Å²) in [6.45, 7) is 16.2. The van der Waals surface area contributed by atoms with Crippen molar-refractivity contribution in [1.29, 1.82) is 0 Å². The van der Waals surface area contributed by atoms with Crippen LogP contribution in [0.1, 0.15) is 175 Å². The lowest BCUT2D eigenvalue weighted by molar-refractivity contribution is 0.286. The molecule has 0 radical (unpaired) electrons. The third kappa shape index (κ3) is 12.4. The maximum Gasteiger partial charge on any atom is 0.0641 e. The third-order valence-corrected chi connectivity index (χ3v) is 32.9. The van der Waals surface area contributed by atoms with Crippen molar-refractivity contribution in [2.24, 2.45) is 5.92 Å². The molecular formula is C131H108N8. The Balaban J connectivity index is 0.504. The van der Waals surface area contributed by atoms with Crippen molar-refractivity contribution in [2.75, 3.05) is 19.6 Å². The molecule has 18 aromatic carbocycles. The summed E-state index contributed by atoms with van der Waals surface area (Å²) in [7, 11) is 0. The lowest BCUT2D eigenvalue weighted by Gasteiger charge is -2.34. The van der Waals surface area contributed by atoms with E-state index in [1.54, 1.807) is 0 Å². The Morgan fingerprint density at radius 2 is 0.468 bits per heavy atom. The van der Waals surface area contributed by atoms with Crippen molar-refractivity contribution in [3.8, 4) is 0 Å². The number of rotatable bonds is 19. The van der Waals surface area contributed by atoms with E-state index in [0.717, 1.165) is 46.2 Å². The highest BCUT2D eigenvalue weighted by Crippen LogP contribution is 2.57. The second-order valence-electron chi connectivity index (χ2n) is 41.4. The fraction of sp³-hybridized carbons (Fsp3) is 0.176. The maximum absolute atomic E-state index is 2.60. The summed E-state index contributed by atoms with van der Waals surface area (Å²) < 4.78 is 10.4. The quantitative estimate of drug-likeness (QED) is 0.0807. The van der Waals surface area contributed by atoms with Gasteiger partial charge in [-0.1, -0.05) is 280 Å². The molecule has 2 aliphatic carbocycles. The van der Waals surface area contributed by atoms with E-state index in [4.69, 9.17) is 0 Å². The third-order valence-electron chi connectivity index (χ3n) is 32.9. The molecule has 0 N–H and O–H groups in total. The fourth-order valence-corrected chi connectivity index (χ4v) is 26.0. The van der Waals surface area contributed by atoms with E-state index in [-0.39, 0.29) is 0 Å². The number of para-hydroxylation sites is 6. The van der Waals surface area contributed by atoms with Gasteiger partial charge in [-0.15, -0.1) is 0 Å². The van der Waals surface area contributed by atoms with Gasteiger partial charge in [-0.25, -0.2) is 0 Å². The predicted octanol–water partition coefficient (Wildman–Crippen LogP) is 37.7. The van der Waals surface area contributed by atoms with E-state index in [2.05, 4.69) is 462 Å². The summed E-state index contributed by atoms with van der Waals surface area (Å²) in [5.74, 6) is 3.23. The molecule has 0 amide bonds. The number of aromatic nitrogens is 4. The van der Waals surface area contributed by atoms with Crippen LogP contribution in [0, 0.1) is 5.92 Å². The van der Waals surface area contributed by atoms with Crippen LogP contribution in [0.25, 0.3) is 152 Å². The molecule has 672 valence electrons. The molecule has 8 nitrogen and oxygen atoms in total. The average Bonchev–Trinajstić information content (AvgIpc) is 1.51. The average molecular weight is 1790 g/mol. The highest BCUT2D eigenvalue weighted by atomic mass is 15.2. The van der Waals surface area contributed by atoms with Crippen LogP contribution in [0.2, 0.25) is 0 Å². The molecule has 28 rings (SSSR count). The molecule has 3 unspecified atom stereocenters. The molecule has 0 bridgehead atoms. The zero-order valence-electron chi connectivity index (χ0n) is 79.8. The van der Waals surface area contributed by atoms with Gasteiger partial charge in [0.1, 0.15) is 0 Å². The Morgan fingerprint density at radius 1 is 0.209 bits per heavy atom. The van der Waals surface area contributed by atoms with Gasteiger partial charge in [0.15, 0.2) is 0 Å². The van der Waals surface area contributed by atoms with Gasteiger partial charge in [0.25, 0.3) is 0 Å². The van der Waals surface area contributed by atoms with Gasteiger partial charge in [-0.3, -0.25) is 0 Å². The van der Waals surface area contributed by atoms with Crippen molar-refractivity contribution >= 4 is 221 Å². The summed E-state index contributed by atoms with van der Waals surface area (Å²) in [5.41, 5.74) is 37.0. The molecule has 2 fully saturated rings. The minimum absolute atomic E-state index is 0.360. The molecule has 3 atom stereocenters. The SMILES string of the molecule is CC(C)c1ccc(N(c2ccc(C(C)C)cc2)c2ccc3c4cc5c(cc4n4c6ccccc6c2c34)c2ccc(N(c3ccc(C(C)C)cc3)c3ccc(C(C)C4CCCC(c6ccc(N(c7ccccc7)c7ccc8c9cc%10c(cc9n9c%11ccccc%11c7c89)c7ccc(N(c8ccccc8)c8ccc(C9CCCCC9)cc8)c8c9ccccc9n%10c78)cc6)C4)cc3)c3c4ccccc4n5c23)cc1. The van der Waals surface area contributed by atoms with Crippen LogP contribution in [-0.2, 0) is 0 Å². The Bertz CT molecular complexity index is 9220. The molecule has 26 aromatic rings. The molecular weight excluding hydrogens is 1690 g/mol. The minimum atomic E-state index is 0.360. The Kier molecular flexibility index (Phi) is 18.6. The molecule has 8 aromatic heterocycles. The van der Waals surface area contributed by atoms with E-state index in [0.29, 0.717) is 41.4 Å². The van der Waals surface area contributed by atoms with Gasteiger partial charge in [-0.2, -0.15) is 0 Å². The van der Waals surface area contributed by atoms with Gasteiger partial charge in [0.05, 0.1) is 88.9 Å². The highest BCUT2D eigenvalue weighted by Gasteiger charge is 2.35. The number of nitrogens with zero attached hydrogens (tertiary/aromatic N) is 8. The van der Waals surface area contributed by atoms with Crippen molar-refractivity contribution in [3.63, 3.8) is 0 Å².